The summed E-state index contributed by atoms with van der Waals surface area (Å²) in [6.07, 6.45) is 4.44. The lowest BCUT2D eigenvalue weighted by Crippen LogP contribution is -2.45. The SMILES string of the molecule is COc1cc(C2CC(N3CCCCC3)Oc3cc4c(cc32)OCO4)cc(OC)c1O. The van der Waals surface area contributed by atoms with Gasteiger partial charge in [-0.2, -0.15) is 0 Å². The van der Waals surface area contributed by atoms with Gasteiger partial charge in [-0.3, -0.25) is 4.90 Å². The van der Waals surface area contributed by atoms with Crippen molar-refractivity contribution in [1.82, 2.24) is 4.90 Å². The second kappa shape index (κ2) is 7.80. The summed E-state index contributed by atoms with van der Waals surface area (Å²) < 4.78 is 28.5. The minimum Gasteiger partial charge on any atom is -0.502 e. The highest BCUT2D eigenvalue weighted by molar-refractivity contribution is 5.59. The number of nitrogens with zero attached hydrogens (tertiary/aromatic N) is 1. The number of hydrogen-bond acceptors (Lipinski definition) is 7. The van der Waals surface area contributed by atoms with Crippen LogP contribution in [0.3, 0.4) is 0 Å². The van der Waals surface area contributed by atoms with Crippen LogP contribution in [0.5, 0.6) is 34.5 Å². The molecule has 2 unspecified atom stereocenters. The first-order valence-corrected chi connectivity index (χ1v) is 10.5. The summed E-state index contributed by atoms with van der Waals surface area (Å²) in [5.41, 5.74) is 2.05. The van der Waals surface area contributed by atoms with Crippen molar-refractivity contribution in [3.8, 4) is 34.5 Å². The van der Waals surface area contributed by atoms with E-state index in [2.05, 4.69) is 4.90 Å². The zero-order valence-electron chi connectivity index (χ0n) is 17.3. The Bertz CT molecular complexity index is 915. The molecular formula is C23H27NO6. The molecule has 2 aromatic rings. The van der Waals surface area contributed by atoms with E-state index in [1.54, 1.807) is 14.2 Å². The summed E-state index contributed by atoms with van der Waals surface area (Å²) in [7, 11) is 3.09. The highest BCUT2D eigenvalue weighted by Crippen LogP contribution is 2.49. The van der Waals surface area contributed by atoms with E-state index in [4.69, 9.17) is 23.7 Å². The van der Waals surface area contributed by atoms with Crippen LogP contribution in [0.2, 0.25) is 0 Å². The fourth-order valence-electron chi connectivity index (χ4n) is 4.70. The number of rotatable bonds is 4. The third kappa shape index (κ3) is 3.27. The first-order valence-electron chi connectivity index (χ1n) is 10.5. The molecule has 160 valence electrons. The Balaban J connectivity index is 1.59. The van der Waals surface area contributed by atoms with E-state index in [1.165, 1.54) is 19.3 Å². The van der Waals surface area contributed by atoms with Crippen molar-refractivity contribution < 1.29 is 28.8 Å². The Morgan fingerprint density at radius 2 is 1.57 bits per heavy atom. The normalized spacial score (nSPS) is 22.9. The highest BCUT2D eigenvalue weighted by atomic mass is 16.7. The number of benzene rings is 2. The summed E-state index contributed by atoms with van der Waals surface area (Å²) in [5, 5.41) is 10.4. The van der Waals surface area contributed by atoms with Crippen LogP contribution in [0.1, 0.15) is 42.7 Å². The molecule has 0 saturated carbocycles. The molecule has 1 fully saturated rings. The van der Waals surface area contributed by atoms with Crippen molar-refractivity contribution in [1.29, 1.82) is 0 Å². The van der Waals surface area contributed by atoms with Crippen molar-refractivity contribution in [2.45, 2.75) is 37.8 Å². The lowest BCUT2D eigenvalue weighted by molar-refractivity contribution is -0.00602. The predicted molar refractivity (Wildman–Crippen MR) is 110 cm³/mol. The Kier molecular flexibility index (Phi) is 4.98. The highest BCUT2D eigenvalue weighted by Gasteiger charge is 2.36. The van der Waals surface area contributed by atoms with Gasteiger partial charge in [0.1, 0.15) is 5.75 Å². The first-order chi connectivity index (χ1) is 14.7. The average molecular weight is 413 g/mol. The minimum absolute atomic E-state index is 0.00861. The molecule has 0 aliphatic carbocycles. The summed E-state index contributed by atoms with van der Waals surface area (Å²) >= 11 is 0. The van der Waals surface area contributed by atoms with Gasteiger partial charge < -0.3 is 28.8 Å². The molecule has 2 atom stereocenters. The fraction of sp³-hybridized carbons (Fsp3) is 0.478. The monoisotopic (exact) mass is 413 g/mol. The molecule has 7 nitrogen and oxygen atoms in total. The van der Waals surface area contributed by atoms with Crippen LogP contribution in [-0.2, 0) is 0 Å². The quantitative estimate of drug-likeness (QED) is 0.816. The van der Waals surface area contributed by atoms with Gasteiger partial charge in [0.15, 0.2) is 29.2 Å². The average Bonchev–Trinajstić information content (AvgIpc) is 3.25. The molecule has 0 aromatic heterocycles. The maximum absolute atomic E-state index is 10.4. The van der Waals surface area contributed by atoms with Crippen molar-refractivity contribution in [3.05, 3.63) is 35.4 Å². The minimum atomic E-state index is -0.0195. The van der Waals surface area contributed by atoms with Crippen LogP contribution in [0.25, 0.3) is 0 Å². The number of phenolic OH excluding ortho intramolecular Hbond substituents is 1. The largest absolute Gasteiger partial charge is 0.502 e. The number of fused-ring (bicyclic) bond motifs is 2. The molecule has 5 rings (SSSR count). The van der Waals surface area contributed by atoms with E-state index in [0.29, 0.717) is 17.2 Å². The Labute approximate surface area is 176 Å². The maximum Gasteiger partial charge on any atom is 0.231 e. The molecule has 0 amide bonds. The van der Waals surface area contributed by atoms with Crippen molar-refractivity contribution in [2.75, 3.05) is 34.1 Å². The van der Waals surface area contributed by atoms with Gasteiger partial charge in [0.05, 0.1) is 14.2 Å². The van der Waals surface area contributed by atoms with E-state index >= 15 is 0 Å². The van der Waals surface area contributed by atoms with E-state index in [1.807, 2.05) is 24.3 Å². The molecular weight excluding hydrogens is 386 g/mol. The van der Waals surface area contributed by atoms with Gasteiger partial charge in [-0.15, -0.1) is 0 Å². The van der Waals surface area contributed by atoms with E-state index < -0.39 is 0 Å². The number of aromatic hydroxyl groups is 1. The van der Waals surface area contributed by atoms with Crippen molar-refractivity contribution in [2.24, 2.45) is 0 Å². The van der Waals surface area contributed by atoms with Gasteiger partial charge in [0, 0.05) is 37.1 Å². The fourth-order valence-corrected chi connectivity index (χ4v) is 4.70. The van der Waals surface area contributed by atoms with Crippen molar-refractivity contribution >= 4 is 0 Å². The summed E-state index contributed by atoms with van der Waals surface area (Å²) in [6, 6.07) is 7.72. The van der Waals surface area contributed by atoms with E-state index in [9.17, 15) is 5.11 Å². The van der Waals surface area contributed by atoms with Crippen LogP contribution in [0, 0.1) is 0 Å². The van der Waals surface area contributed by atoms with Gasteiger partial charge in [-0.05, 0) is 36.6 Å². The van der Waals surface area contributed by atoms with Crippen molar-refractivity contribution in [3.63, 3.8) is 0 Å². The molecule has 3 heterocycles. The summed E-state index contributed by atoms with van der Waals surface area (Å²) in [6.45, 7) is 2.30. The lowest BCUT2D eigenvalue weighted by Gasteiger charge is -2.40. The molecule has 0 bridgehead atoms. The second-order valence-electron chi connectivity index (χ2n) is 7.97. The number of piperidine rings is 1. The summed E-state index contributed by atoms with van der Waals surface area (Å²) in [4.78, 5) is 2.43. The first kappa shape index (κ1) is 19.2. The van der Waals surface area contributed by atoms with Crippen LogP contribution in [-0.4, -0.2) is 50.3 Å². The lowest BCUT2D eigenvalue weighted by atomic mass is 9.84. The van der Waals surface area contributed by atoms with Gasteiger partial charge >= 0.3 is 0 Å². The molecule has 3 aliphatic heterocycles. The Morgan fingerprint density at radius 1 is 0.900 bits per heavy atom. The molecule has 0 radical (unpaired) electrons. The zero-order chi connectivity index (χ0) is 20.7. The summed E-state index contributed by atoms with van der Waals surface area (Å²) in [5.74, 6) is 3.11. The molecule has 30 heavy (non-hydrogen) atoms. The smallest absolute Gasteiger partial charge is 0.231 e. The van der Waals surface area contributed by atoms with E-state index in [-0.39, 0.29) is 24.7 Å². The number of phenols is 1. The third-order valence-electron chi connectivity index (χ3n) is 6.28. The number of hydrogen-bond donors (Lipinski definition) is 1. The standard InChI is InChI=1S/C23H27NO6/c1-26-20-8-14(9-21(27-2)23(20)25)15-11-22(24-6-4-3-5-7-24)30-17-12-19-18(10-16(15)17)28-13-29-19/h8-10,12,15,22,25H,3-7,11,13H2,1-2H3. The molecule has 7 heteroatoms. The van der Waals surface area contributed by atoms with Gasteiger partial charge in [0.25, 0.3) is 0 Å². The van der Waals surface area contributed by atoms with Gasteiger partial charge in [-0.1, -0.05) is 6.42 Å². The molecule has 0 spiro atoms. The predicted octanol–water partition coefficient (Wildman–Crippen LogP) is 3.86. The zero-order valence-corrected chi connectivity index (χ0v) is 17.3. The topological polar surface area (TPSA) is 69.6 Å². The molecule has 2 aromatic carbocycles. The Morgan fingerprint density at radius 3 is 2.23 bits per heavy atom. The second-order valence-corrected chi connectivity index (χ2v) is 7.97. The number of ether oxygens (including phenoxy) is 5. The van der Waals surface area contributed by atoms with Gasteiger partial charge in [0.2, 0.25) is 12.5 Å². The Hall–Kier alpha value is -2.80. The van der Waals surface area contributed by atoms with Crippen LogP contribution in [0.15, 0.2) is 24.3 Å². The molecule has 1 saturated heterocycles. The van der Waals surface area contributed by atoms with Crippen LogP contribution >= 0.6 is 0 Å². The number of methoxy groups -OCH3 is 2. The number of likely N-dealkylation sites (tertiary alicyclic amines) is 1. The third-order valence-corrected chi connectivity index (χ3v) is 6.28. The van der Waals surface area contributed by atoms with Crippen LogP contribution < -0.4 is 23.7 Å². The maximum atomic E-state index is 10.4. The van der Waals surface area contributed by atoms with E-state index in [0.717, 1.165) is 42.1 Å². The van der Waals surface area contributed by atoms with Gasteiger partial charge in [-0.25, -0.2) is 0 Å². The molecule has 1 N–H and O–H groups in total. The van der Waals surface area contributed by atoms with Crippen LogP contribution in [0.4, 0.5) is 0 Å². The molecule has 3 aliphatic rings.